The van der Waals surface area contributed by atoms with Crippen LogP contribution in [0, 0.1) is 0 Å². The van der Waals surface area contributed by atoms with Gasteiger partial charge in [-0.15, -0.1) is 0 Å². The van der Waals surface area contributed by atoms with Crippen LogP contribution in [0.1, 0.15) is 6.42 Å². The molecule has 0 radical (unpaired) electrons. The van der Waals surface area contributed by atoms with Crippen molar-refractivity contribution in [1.82, 2.24) is 9.55 Å². The lowest BCUT2D eigenvalue weighted by atomic mass is 10.4. The summed E-state index contributed by atoms with van der Waals surface area (Å²) in [6.07, 6.45) is 6.38. The Kier molecular flexibility index (Phi) is 4.52. The van der Waals surface area contributed by atoms with Gasteiger partial charge in [-0.25, -0.2) is 4.98 Å². The molecule has 78 valence electrons. The molecule has 1 heterocycles. The Hall–Kier alpha value is -0.970. The first-order valence-corrected chi connectivity index (χ1v) is 5.89. The fourth-order valence-electron chi connectivity index (χ4n) is 1.04. The zero-order valence-electron chi connectivity index (χ0n) is 8.49. The molecular weight excluding hydrogens is 198 g/mol. The van der Waals surface area contributed by atoms with Crippen LogP contribution in [0.4, 0.5) is 5.82 Å². The second kappa shape index (κ2) is 5.70. The molecule has 0 fully saturated rings. The van der Waals surface area contributed by atoms with E-state index in [1.165, 1.54) is 4.57 Å². The van der Waals surface area contributed by atoms with Crippen molar-refractivity contribution < 1.29 is 0 Å². The molecule has 0 saturated carbocycles. The van der Waals surface area contributed by atoms with Crippen LogP contribution < -0.4 is 10.9 Å². The first-order valence-electron chi connectivity index (χ1n) is 4.50. The number of nitrogens with zero attached hydrogens (tertiary/aromatic N) is 2. The summed E-state index contributed by atoms with van der Waals surface area (Å²) < 4.78 is 1.52. The van der Waals surface area contributed by atoms with Crippen LogP contribution >= 0.6 is 11.8 Å². The number of hydrogen-bond acceptors (Lipinski definition) is 4. The topological polar surface area (TPSA) is 46.9 Å². The minimum Gasteiger partial charge on any atom is -0.365 e. The lowest BCUT2D eigenvalue weighted by molar-refractivity contribution is 0.836. The van der Waals surface area contributed by atoms with Gasteiger partial charge in [-0.1, -0.05) is 0 Å². The molecule has 0 aromatic carbocycles. The predicted octanol–water partition coefficient (Wildman–Crippen LogP) is 0.945. The maximum absolute atomic E-state index is 11.5. The van der Waals surface area contributed by atoms with Crippen LogP contribution in [0.25, 0.3) is 0 Å². The van der Waals surface area contributed by atoms with Crippen LogP contribution in [0.2, 0.25) is 0 Å². The highest BCUT2D eigenvalue weighted by molar-refractivity contribution is 7.98. The summed E-state index contributed by atoms with van der Waals surface area (Å²) in [6, 6.07) is 0. The minimum absolute atomic E-state index is 0.0725. The van der Waals surface area contributed by atoms with Crippen molar-refractivity contribution in [2.24, 2.45) is 7.05 Å². The summed E-state index contributed by atoms with van der Waals surface area (Å²) >= 11 is 1.80. The molecule has 5 heteroatoms. The van der Waals surface area contributed by atoms with E-state index in [-0.39, 0.29) is 5.56 Å². The molecular formula is C9H15N3OS. The molecule has 1 rings (SSSR count). The summed E-state index contributed by atoms with van der Waals surface area (Å²) in [7, 11) is 1.72. The summed E-state index contributed by atoms with van der Waals surface area (Å²) in [6.45, 7) is 0.799. The van der Waals surface area contributed by atoms with Crippen molar-refractivity contribution in [3.63, 3.8) is 0 Å². The molecule has 0 saturated heterocycles. The zero-order valence-corrected chi connectivity index (χ0v) is 9.30. The molecule has 0 aliphatic carbocycles. The molecule has 0 atom stereocenters. The quantitative estimate of drug-likeness (QED) is 0.740. The maximum atomic E-state index is 11.5. The fraction of sp³-hybridized carbons (Fsp3) is 0.556. The number of thioether (sulfide) groups is 1. The Morgan fingerprint density at radius 1 is 1.64 bits per heavy atom. The number of anilines is 1. The third kappa shape index (κ3) is 3.06. The zero-order chi connectivity index (χ0) is 10.4. The second-order valence-corrected chi connectivity index (χ2v) is 3.95. The molecule has 14 heavy (non-hydrogen) atoms. The third-order valence-corrected chi connectivity index (χ3v) is 2.53. The Balaban J connectivity index is 2.51. The maximum Gasteiger partial charge on any atom is 0.293 e. The van der Waals surface area contributed by atoms with Crippen molar-refractivity contribution in [3.05, 3.63) is 22.7 Å². The lowest BCUT2D eigenvalue weighted by Gasteiger charge is -2.04. The summed E-state index contributed by atoms with van der Waals surface area (Å²) in [5.74, 6) is 1.54. The van der Waals surface area contributed by atoms with Crippen molar-refractivity contribution >= 4 is 17.6 Å². The van der Waals surface area contributed by atoms with E-state index >= 15 is 0 Å². The molecule has 0 amide bonds. The minimum atomic E-state index is -0.0725. The monoisotopic (exact) mass is 213 g/mol. The third-order valence-electron chi connectivity index (χ3n) is 1.83. The van der Waals surface area contributed by atoms with Gasteiger partial charge in [0.25, 0.3) is 5.56 Å². The summed E-state index contributed by atoms with van der Waals surface area (Å²) in [5.41, 5.74) is -0.0725. The molecule has 1 aromatic heterocycles. The normalized spacial score (nSPS) is 10.1. The highest BCUT2D eigenvalue weighted by Crippen LogP contribution is 1.97. The van der Waals surface area contributed by atoms with Gasteiger partial charge in [0.2, 0.25) is 0 Å². The van der Waals surface area contributed by atoms with Crippen molar-refractivity contribution in [2.45, 2.75) is 6.42 Å². The lowest BCUT2D eigenvalue weighted by Crippen LogP contribution is -2.22. The number of hydrogen-bond donors (Lipinski definition) is 1. The van der Waals surface area contributed by atoms with Gasteiger partial charge in [-0.3, -0.25) is 4.79 Å². The largest absolute Gasteiger partial charge is 0.365 e. The van der Waals surface area contributed by atoms with Crippen LogP contribution in [0.3, 0.4) is 0 Å². The van der Waals surface area contributed by atoms with E-state index in [1.54, 1.807) is 31.2 Å². The summed E-state index contributed by atoms with van der Waals surface area (Å²) in [4.78, 5) is 15.5. The molecule has 0 bridgehead atoms. The average molecular weight is 213 g/mol. The van der Waals surface area contributed by atoms with Crippen LogP contribution in [0.5, 0.6) is 0 Å². The molecule has 0 spiro atoms. The number of rotatable bonds is 5. The summed E-state index contributed by atoms with van der Waals surface area (Å²) in [5, 5.41) is 3.03. The van der Waals surface area contributed by atoms with Crippen molar-refractivity contribution in [1.29, 1.82) is 0 Å². The molecule has 0 unspecified atom stereocenters. The van der Waals surface area contributed by atoms with E-state index < -0.39 is 0 Å². The highest BCUT2D eigenvalue weighted by Gasteiger charge is 1.99. The number of aromatic nitrogens is 2. The number of aryl methyl sites for hydroxylation is 1. The first-order chi connectivity index (χ1) is 6.75. The smallest absolute Gasteiger partial charge is 0.293 e. The molecule has 0 aliphatic rings. The fourth-order valence-corrected chi connectivity index (χ4v) is 1.48. The van der Waals surface area contributed by atoms with Crippen LogP contribution in [-0.4, -0.2) is 28.1 Å². The van der Waals surface area contributed by atoms with Gasteiger partial charge in [-0.05, 0) is 18.4 Å². The van der Waals surface area contributed by atoms with Crippen molar-refractivity contribution in [2.75, 3.05) is 23.9 Å². The van der Waals surface area contributed by atoms with Gasteiger partial charge in [0.1, 0.15) is 0 Å². The van der Waals surface area contributed by atoms with Gasteiger partial charge in [0, 0.05) is 26.0 Å². The number of nitrogens with one attached hydrogen (secondary N) is 1. The van der Waals surface area contributed by atoms with E-state index in [2.05, 4.69) is 16.6 Å². The Morgan fingerprint density at radius 2 is 2.43 bits per heavy atom. The predicted molar refractivity (Wildman–Crippen MR) is 61.0 cm³/mol. The van der Waals surface area contributed by atoms with Crippen LogP contribution in [-0.2, 0) is 7.05 Å². The highest BCUT2D eigenvalue weighted by atomic mass is 32.2. The van der Waals surface area contributed by atoms with E-state index in [0.717, 1.165) is 18.7 Å². The average Bonchev–Trinajstić information content (AvgIpc) is 2.19. The molecule has 1 N–H and O–H groups in total. The van der Waals surface area contributed by atoms with Crippen LogP contribution in [0.15, 0.2) is 17.2 Å². The van der Waals surface area contributed by atoms with Gasteiger partial charge in [0.05, 0.1) is 0 Å². The van der Waals surface area contributed by atoms with E-state index in [1.807, 2.05) is 0 Å². The Labute approximate surface area is 87.7 Å². The Morgan fingerprint density at radius 3 is 3.14 bits per heavy atom. The SMILES string of the molecule is CSCCCNc1nccn(C)c1=O. The molecule has 0 aliphatic heterocycles. The van der Waals surface area contributed by atoms with E-state index in [9.17, 15) is 4.79 Å². The molecule has 1 aromatic rings. The van der Waals surface area contributed by atoms with Gasteiger partial charge in [-0.2, -0.15) is 11.8 Å². The Bertz CT molecular complexity index is 337. The van der Waals surface area contributed by atoms with Gasteiger partial charge in [0.15, 0.2) is 5.82 Å². The standard InChI is InChI=1S/C9H15N3OS/c1-12-6-5-11-8(9(12)13)10-4-3-7-14-2/h5-6H,3-4,7H2,1-2H3,(H,10,11). The van der Waals surface area contributed by atoms with Gasteiger partial charge >= 0.3 is 0 Å². The molecule has 4 nitrogen and oxygen atoms in total. The van der Waals surface area contributed by atoms with E-state index in [4.69, 9.17) is 0 Å². The van der Waals surface area contributed by atoms with Crippen molar-refractivity contribution in [3.8, 4) is 0 Å². The second-order valence-electron chi connectivity index (χ2n) is 2.97. The van der Waals surface area contributed by atoms with Gasteiger partial charge < -0.3 is 9.88 Å². The van der Waals surface area contributed by atoms with E-state index in [0.29, 0.717) is 5.82 Å². The first kappa shape index (κ1) is 11.1.